The highest BCUT2D eigenvalue weighted by Gasteiger charge is 2.16. The van der Waals surface area contributed by atoms with Gasteiger partial charge in [-0.3, -0.25) is 0 Å². The molecule has 16 heavy (non-hydrogen) atoms. The van der Waals surface area contributed by atoms with Gasteiger partial charge in [0.05, 0.1) is 11.6 Å². The molecule has 0 bridgehead atoms. The van der Waals surface area contributed by atoms with Gasteiger partial charge in [0.25, 0.3) is 0 Å². The lowest BCUT2D eigenvalue weighted by Crippen LogP contribution is -1.99. The Kier molecular flexibility index (Phi) is 2.36. The minimum Gasteiger partial charge on any atom is -0.476 e. The van der Waals surface area contributed by atoms with Gasteiger partial charge in [0, 0.05) is 5.56 Å². The maximum atomic E-state index is 10.8. The molecule has 0 amide bonds. The second-order valence-electron chi connectivity index (χ2n) is 3.02. The van der Waals surface area contributed by atoms with Crippen LogP contribution in [0.5, 0.6) is 0 Å². The second-order valence-corrected chi connectivity index (χ2v) is 3.02. The van der Waals surface area contributed by atoms with Crippen LogP contribution in [0.1, 0.15) is 16.1 Å². The molecule has 1 aromatic heterocycles. The Labute approximate surface area is 90.2 Å². The Bertz CT molecular complexity index is 565. The SMILES string of the molecule is N#Cc1ccc(-c2n[nH]nc2C(=O)O)cc1. The van der Waals surface area contributed by atoms with Crippen LogP contribution >= 0.6 is 0 Å². The molecule has 0 fully saturated rings. The van der Waals surface area contributed by atoms with Crippen LogP contribution < -0.4 is 0 Å². The number of aromatic nitrogens is 3. The Hall–Kier alpha value is -2.68. The van der Waals surface area contributed by atoms with Crippen LogP contribution in [0.2, 0.25) is 0 Å². The Morgan fingerprint density at radius 1 is 1.31 bits per heavy atom. The highest BCUT2D eigenvalue weighted by molar-refractivity contribution is 5.92. The molecule has 6 heteroatoms. The zero-order valence-corrected chi connectivity index (χ0v) is 8.01. The van der Waals surface area contributed by atoms with E-state index in [4.69, 9.17) is 10.4 Å². The minimum absolute atomic E-state index is 0.135. The monoisotopic (exact) mass is 214 g/mol. The fourth-order valence-electron chi connectivity index (χ4n) is 1.28. The zero-order chi connectivity index (χ0) is 11.5. The number of carbonyl (C=O) groups is 1. The quantitative estimate of drug-likeness (QED) is 0.777. The lowest BCUT2D eigenvalue weighted by atomic mass is 10.1. The van der Waals surface area contributed by atoms with E-state index < -0.39 is 5.97 Å². The first-order chi connectivity index (χ1) is 7.72. The third kappa shape index (κ3) is 1.62. The fraction of sp³-hybridized carbons (Fsp3) is 0. The van der Waals surface area contributed by atoms with Crippen molar-refractivity contribution >= 4 is 5.97 Å². The number of carboxylic acid groups (broad SMARTS) is 1. The summed E-state index contributed by atoms with van der Waals surface area (Å²) in [6, 6.07) is 8.42. The number of hydrogen-bond donors (Lipinski definition) is 2. The van der Waals surface area contributed by atoms with E-state index in [1.165, 1.54) is 0 Å². The van der Waals surface area contributed by atoms with Crippen molar-refractivity contribution in [2.75, 3.05) is 0 Å². The van der Waals surface area contributed by atoms with Crippen molar-refractivity contribution in [1.29, 1.82) is 5.26 Å². The van der Waals surface area contributed by atoms with Crippen LogP contribution in [0.3, 0.4) is 0 Å². The van der Waals surface area contributed by atoms with Crippen LogP contribution in [0.15, 0.2) is 24.3 Å². The van der Waals surface area contributed by atoms with E-state index >= 15 is 0 Å². The molecule has 2 N–H and O–H groups in total. The van der Waals surface area contributed by atoms with Gasteiger partial charge in [0.15, 0.2) is 5.69 Å². The highest BCUT2D eigenvalue weighted by atomic mass is 16.4. The third-order valence-corrected chi connectivity index (χ3v) is 2.04. The Balaban J connectivity index is 2.47. The van der Waals surface area contributed by atoms with E-state index in [-0.39, 0.29) is 11.4 Å². The summed E-state index contributed by atoms with van der Waals surface area (Å²) in [5, 5.41) is 27.0. The minimum atomic E-state index is -1.15. The molecule has 6 nitrogen and oxygen atoms in total. The zero-order valence-electron chi connectivity index (χ0n) is 8.01. The van der Waals surface area contributed by atoms with Crippen molar-refractivity contribution in [2.24, 2.45) is 0 Å². The Morgan fingerprint density at radius 3 is 2.56 bits per heavy atom. The van der Waals surface area contributed by atoms with E-state index in [0.29, 0.717) is 11.1 Å². The molecular formula is C10H6N4O2. The molecule has 0 aliphatic rings. The summed E-state index contributed by atoms with van der Waals surface area (Å²) in [4.78, 5) is 10.8. The van der Waals surface area contributed by atoms with Crippen molar-refractivity contribution in [3.63, 3.8) is 0 Å². The summed E-state index contributed by atoms with van der Waals surface area (Å²) >= 11 is 0. The number of carboxylic acids is 1. The summed E-state index contributed by atoms with van der Waals surface area (Å²) < 4.78 is 0. The molecule has 0 unspecified atom stereocenters. The van der Waals surface area contributed by atoms with Crippen LogP contribution in [0.25, 0.3) is 11.3 Å². The average Bonchev–Trinajstić information content (AvgIpc) is 2.78. The van der Waals surface area contributed by atoms with Crippen molar-refractivity contribution in [3.05, 3.63) is 35.5 Å². The van der Waals surface area contributed by atoms with Gasteiger partial charge in [0.2, 0.25) is 0 Å². The number of aromatic carboxylic acids is 1. The van der Waals surface area contributed by atoms with E-state index in [1.54, 1.807) is 24.3 Å². The normalized spacial score (nSPS) is 9.69. The fourth-order valence-corrected chi connectivity index (χ4v) is 1.28. The van der Waals surface area contributed by atoms with Crippen molar-refractivity contribution < 1.29 is 9.90 Å². The standard InChI is InChI=1S/C10H6N4O2/c11-5-6-1-3-7(4-2-6)8-9(10(15)16)13-14-12-8/h1-4H,(H,15,16)(H,12,13,14). The molecule has 0 aliphatic carbocycles. The molecule has 2 rings (SSSR count). The number of nitrogens with one attached hydrogen (secondary N) is 1. The number of aromatic amines is 1. The molecule has 0 aliphatic heterocycles. The lowest BCUT2D eigenvalue weighted by molar-refractivity contribution is 0.0691. The molecule has 78 valence electrons. The van der Waals surface area contributed by atoms with Gasteiger partial charge in [-0.05, 0) is 12.1 Å². The highest BCUT2D eigenvalue weighted by Crippen LogP contribution is 2.19. The molecular weight excluding hydrogens is 208 g/mol. The number of hydrogen-bond acceptors (Lipinski definition) is 4. The smallest absolute Gasteiger partial charge is 0.358 e. The van der Waals surface area contributed by atoms with Crippen molar-refractivity contribution in [1.82, 2.24) is 15.4 Å². The van der Waals surface area contributed by atoms with Gasteiger partial charge in [-0.2, -0.15) is 15.6 Å². The molecule has 0 radical (unpaired) electrons. The summed E-state index contributed by atoms with van der Waals surface area (Å²) in [6.45, 7) is 0. The van der Waals surface area contributed by atoms with Gasteiger partial charge in [-0.25, -0.2) is 4.79 Å². The number of rotatable bonds is 2. The first-order valence-corrected chi connectivity index (χ1v) is 4.37. The van der Waals surface area contributed by atoms with Crippen LogP contribution in [0, 0.1) is 11.3 Å². The molecule has 1 aromatic carbocycles. The van der Waals surface area contributed by atoms with E-state index in [0.717, 1.165) is 0 Å². The van der Waals surface area contributed by atoms with E-state index in [2.05, 4.69) is 15.4 Å². The number of nitrogens with zero attached hydrogens (tertiary/aromatic N) is 3. The summed E-state index contributed by atoms with van der Waals surface area (Å²) in [6.07, 6.45) is 0. The maximum absolute atomic E-state index is 10.8. The van der Waals surface area contributed by atoms with Gasteiger partial charge in [0.1, 0.15) is 5.69 Å². The van der Waals surface area contributed by atoms with Crippen LogP contribution in [-0.4, -0.2) is 26.5 Å². The predicted molar refractivity (Wildman–Crippen MR) is 53.5 cm³/mol. The topological polar surface area (TPSA) is 103 Å². The number of H-pyrrole nitrogens is 1. The molecule has 0 saturated carbocycles. The lowest BCUT2D eigenvalue weighted by Gasteiger charge is -1.97. The molecule has 1 heterocycles. The van der Waals surface area contributed by atoms with E-state index in [1.807, 2.05) is 6.07 Å². The summed E-state index contributed by atoms with van der Waals surface area (Å²) in [7, 11) is 0. The largest absolute Gasteiger partial charge is 0.476 e. The Morgan fingerprint density at radius 2 is 2.00 bits per heavy atom. The maximum Gasteiger partial charge on any atom is 0.358 e. The first-order valence-electron chi connectivity index (χ1n) is 4.37. The van der Waals surface area contributed by atoms with Crippen LogP contribution in [0.4, 0.5) is 0 Å². The van der Waals surface area contributed by atoms with E-state index in [9.17, 15) is 4.79 Å². The molecule has 0 atom stereocenters. The van der Waals surface area contributed by atoms with Crippen molar-refractivity contribution in [2.45, 2.75) is 0 Å². The predicted octanol–water partition coefficient (Wildman–Crippen LogP) is 1.04. The third-order valence-electron chi connectivity index (χ3n) is 2.04. The molecule has 2 aromatic rings. The first kappa shape index (κ1) is 9.86. The number of benzene rings is 1. The van der Waals surface area contributed by atoms with Gasteiger partial charge in [-0.15, -0.1) is 5.10 Å². The summed E-state index contributed by atoms with van der Waals surface area (Å²) in [5.41, 5.74) is 1.23. The van der Waals surface area contributed by atoms with Gasteiger partial charge < -0.3 is 5.11 Å². The van der Waals surface area contributed by atoms with Crippen LogP contribution in [-0.2, 0) is 0 Å². The van der Waals surface area contributed by atoms with Gasteiger partial charge >= 0.3 is 5.97 Å². The van der Waals surface area contributed by atoms with Crippen molar-refractivity contribution in [3.8, 4) is 17.3 Å². The molecule has 0 saturated heterocycles. The van der Waals surface area contributed by atoms with Gasteiger partial charge in [-0.1, -0.05) is 12.1 Å². The summed E-state index contributed by atoms with van der Waals surface area (Å²) in [5.74, 6) is -1.15. The number of nitriles is 1. The second kappa shape index (κ2) is 3.82. The average molecular weight is 214 g/mol. The molecule has 0 spiro atoms.